The Morgan fingerprint density at radius 3 is 2.25 bits per heavy atom. The van der Waals surface area contributed by atoms with Crippen LogP contribution in [0.5, 0.6) is 5.75 Å². The Morgan fingerprint density at radius 1 is 0.929 bits per heavy atom. The monoisotopic (exact) mass is 795 g/mol. The van der Waals surface area contributed by atoms with E-state index in [1.165, 1.54) is 18.6 Å². The number of Topliss-reactive ketones (excluding diaryl/α,β-unsaturated/α-hetero) is 1. The molecule has 0 saturated heterocycles. The molecule has 0 aliphatic heterocycles. The van der Waals surface area contributed by atoms with E-state index in [0.29, 0.717) is 23.6 Å². The minimum Gasteiger partial charge on any atom is -0.487 e. The number of benzene rings is 1. The molecule has 2 saturated carbocycles. The number of aryl methyl sites for hydroxylation is 1. The van der Waals surface area contributed by atoms with Gasteiger partial charge in [-0.3, -0.25) is 33.8 Å². The van der Waals surface area contributed by atoms with Gasteiger partial charge in [-0.05, 0) is 74.5 Å². The lowest BCUT2D eigenvalue weighted by molar-refractivity contribution is -0.140. The Hall–Kier alpha value is -4.59. The predicted molar refractivity (Wildman–Crippen MR) is 212 cm³/mol. The zero-order valence-electron chi connectivity index (χ0n) is 33.4. The largest absolute Gasteiger partial charge is 0.487 e. The molecule has 5 atom stereocenters. The van der Waals surface area contributed by atoms with Crippen molar-refractivity contribution in [2.45, 2.75) is 136 Å². The van der Waals surface area contributed by atoms with Crippen molar-refractivity contribution >= 4 is 46.9 Å². The Labute approximate surface area is 334 Å². The molecule has 2 aliphatic rings. The summed E-state index contributed by atoms with van der Waals surface area (Å²) in [7, 11) is 0. The minimum atomic E-state index is -1.01. The second-order valence-electron chi connectivity index (χ2n) is 16.3. The van der Waals surface area contributed by atoms with Crippen molar-refractivity contribution in [2.75, 3.05) is 6.54 Å². The lowest BCUT2D eigenvalue weighted by Crippen LogP contribution is -2.60. The van der Waals surface area contributed by atoms with E-state index in [2.05, 4.69) is 36.6 Å². The summed E-state index contributed by atoms with van der Waals surface area (Å²) in [5.41, 5.74) is 0.253. The smallest absolute Gasteiger partial charge is 0.289 e. The molecular formula is C41H58ClN7O7. The van der Waals surface area contributed by atoms with Crippen LogP contribution in [0.4, 0.5) is 0 Å². The fourth-order valence-corrected chi connectivity index (χ4v) is 7.07. The number of nitrogens with zero attached hydrogens (tertiary/aromatic N) is 2. The minimum absolute atomic E-state index is 0.00501. The Kier molecular flexibility index (Phi) is 16.2. The summed E-state index contributed by atoms with van der Waals surface area (Å²) in [4.78, 5) is 88.3. The van der Waals surface area contributed by atoms with Crippen molar-refractivity contribution in [3.05, 3.63) is 53.1 Å². The predicted octanol–water partition coefficient (Wildman–Crippen LogP) is 4.37. The highest BCUT2D eigenvalue weighted by atomic mass is 35.5. The Morgan fingerprint density at radius 2 is 1.64 bits per heavy atom. The van der Waals surface area contributed by atoms with E-state index in [1.807, 2.05) is 40.7 Å². The summed E-state index contributed by atoms with van der Waals surface area (Å²) in [5.74, 6) is -3.78. The van der Waals surface area contributed by atoms with Crippen LogP contribution in [-0.2, 0) is 24.0 Å². The third-order valence-electron chi connectivity index (χ3n) is 10.2. The van der Waals surface area contributed by atoms with E-state index >= 15 is 0 Å². The van der Waals surface area contributed by atoms with Crippen molar-refractivity contribution in [1.82, 2.24) is 36.6 Å². The van der Waals surface area contributed by atoms with Gasteiger partial charge in [-0.1, -0.05) is 78.0 Å². The van der Waals surface area contributed by atoms with E-state index in [9.17, 15) is 28.8 Å². The number of ketones is 1. The summed E-state index contributed by atoms with van der Waals surface area (Å²) >= 11 is 6.53. The SMILES string of the molecule is CCC[C@H](NC(=O)C(C)C[C@H](CNC(=O)[C@@H](NC(=O)[C@@H](NC(=O)c1cnccn1)C1CCCCC1)C(C)(C)C)Oc1ccc(C)cc1Cl)C(=O)C(=O)NC1CC1. The summed E-state index contributed by atoms with van der Waals surface area (Å²) in [5, 5.41) is 14.5. The number of hydrogen-bond donors (Lipinski definition) is 5. The number of hydrogen-bond acceptors (Lipinski definition) is 9. The number of rotatable bonds is 19. The van der Waals surface area contributed by atoms with Crippen molar-refractivity contribution in [2.24, 2.45) is 17.3 Å². The highest BCUT2D eigenvalue weighted by molar-refractivity contribution is 6.38. The van der Waals surface area contributed by atoms with E-state index in [-0.39, 0.29) is 30.6 Å². The molecule has 2 aliphatic carbocycles. The van der Waals surface area contributed by atoms with E-state index in [1.54, 1.807) is 19.1 Å². The summed E-state index contributed by atoms with van der Waals surface area (Å²) < 4.78 is 6.31. The van der Waals surface area contributed by atoms with Crippen LogP contribution < -0.4 is 31.3 Å². The van der Waals surface area contributed by atoms with Gasteiger partial charge < -0.3 is 31.3 Å². The summed E-state index contributed by atoms with van der Waals surface area (Å²) in [6.07, 6.45) is 10.5. The highest BCUT2D eigenvalue weighted by Crippen LogP contribution is 2.29. The second kappa shape index (κ2) is 20.5. The summed E-state index contributed by atoms with van der Waals surface area (Å²) in [6, 6.07) is 2.41. The van der Waals surface area contributed by atoms with Gasteiger partial charge in [0.1, 0.15) is 29.6 Å². The fourth-order valence-electron chi connectivity index (χ4n) is 6.79. The van der Waals surface area contributed by atoms with Gasteiger partial charge in [0.05, 0.1) is 23.8 Å². The van der Waals surface area contributed by atoms with Crippen LogP contribution in [0, 0.1) is 24.2 Å². The van der Waals surface area contributed by atoms with Crippen LogP contribution in [0.15, 0.2) is 36.8 Å². The zero-order valence-corrected chi connectivity index (χ0v) is 34.2. The quantitative estimate of drug-likeness (QED) is 0.128. The molecule has 1 heterocycles. The topological polar surface area (TPSA) is 198 Å². The van der Waals surface area contributed by atoms with E-state index in [4.69, 9.17) is 16.3 Å². The first-order valence-corrected chi connectivity index (χ1v) is 20.2. The molecule has 306 valence electrons. The van der Waals surface area contributed by atoms with Gasteiger partial charge in [0.2, 0.25) is 23.5 Å². The maximum Gasteiger partial charge on any atom is 0.289 e. The number of carbonyl (C=O) groups is 6. The van der Waals surface area contributed by atoms with Crippen molar-refractivity contribution in [3.63, 3.8) is 0 Å². The number of aromatic nitrogens is 2. The lowest BCUT2D eigenvalue weighted by Gasteiger charge is -2.35. The third kappa shape index (κ3) is 13.3. The molecule has 0 radical (unpaired) electrons. The van der Waals surface area contributed by atoms with Crippen LogP contribution in [0.1, 0.15) is 115 Å². The van der Waals surface area contributed by atoms with Gasteiger partial charge in [0.15, 0.2) is 0 Å². The molecule has 0 bridgehead atoms. The Bertz CT molecular complexity index is 1690. The number of nitrogens with one attached hydrogen (secondary N) is 5. The molecule has 5 amide bonds. The maximum atomic E-state index is 14.0. The highest BCUT2D eigenvalue weighted by Gasteiger charge is 2.39. The number of halogens is 1. The molecular weight excluding hydrogens is 738 g/mol. The van der Waals surface area contributed by atoms with Crippen molar-refractivity contribution in [3.8, 4) is 5.75 Å². The third-order valence-corrected chi connectivity index (χ3v) is 10.5. The first kappa shape index (κ1) is 44.1. The lowest BCUT2D eigenvalue weighted by atomic mass is 9.82. The van der Waals surface area contributed by atoms with Crippen molar-refractivity contribution in [1.29, 1.82) is 0 Å². The molecule has 56 heavy (non-hydrogen) atoms. The molecule has 2 aromatic rings. The molecule has 1 aromatic heterocycles. The van der Waals surface area contributed by atoms with E-state index < -0.39 is 70.9 Å². The van der Waals surface area contributed by atoms with Crippen molar-refractivity contribution < 1.29 is 33.5 Å². The average molecular weight is 796 g/mol. The first-order valence-electron chi connectivity index (χ1n) is 19.8. The van der Waals surface area contributed by atoms with Crippen LogP contribution in [0.25, 0.3) is 0 Å². The van der Waals surface area contributed by atoms with Gasteiger partial charge in [-0.25, -0.2) is 4.98 Å². The maximum absolute atomic E-state index is 14.0. The standard InChI is InChI=1S/C41H58ClN7O7/c1-7-11-30(34(50)39(54)46-27-15-16-27)47-36(51)25(3)21-28(56-32-17-14-24(2)20-29(32)42)22-45-40(55)35(41(4,5)6)49-38(53)33(26-12-9-8-10-13-26)48-37(52)31-23-43-18-19-44-31/h14,17-20,23,25-28,30,33,35H,7-13,15-16,21-22H2,1-6H3,(H,45,55)(H,46,54)(H,47,51)(H,48,52)(H,49,53)/t25?,28-,30+,33+,35-/m1/s1. The van der Waals surface area contributed by atoms with Gasteiger partial charge in [0.25, 0.3) is 11.8 Å². The van der Waals surface area contributed by atoms with Crippen LogP contribution in [0.3, 0.4) is 0 Å². The molecule has 14 nitrogen and oxygen atoms in total. The number of amides is 5. The van der Waals surface area contributed by atoms with Crippen LogP contribution in [0.2, 0.25) is 5.02 Å². The van der Waals surface area contributed by atoms with Gasteiger partial charge in [-0.15, -0.1) is 0 Å². The Balaban J connectivity index is 1.48. The number of carbonyl (C=O) groups excluding carboxylic acids is 6. The molecule has 0 spiro atoms. The molecule has 1 unspecified atom stereocenters. The first-order chi connectivity index (χ1) is 26.6. The van der Waals surface area contributed by atoms with Gasteiger partial charge in [-0.2, -0.15) is 0 Å². The second-order valence-corrected chi connectivity index (χ2v) is 16.7. The molecule has 5 N–H and O–H groups in total. The van der Waals surface area contributed by atoms with Crippen LogP contribution in [-0.4, -0.2) is 82.1 Å². The average Bonchev–Trinajstić information content (AvgIpc) is 3.99. The zero-order chi connectivity index (χ0) is 41.0. The summed E-state index contributed by atoms with van der Waals surface area (Å²) in [6.45, 7) is 10.9. The number of ether oxygens (including phenoxy) is 1. The van der Waals surface area contributed by atoms with E-state index in [0.717, 1.165) is 50.5 Å². The molecule has 4 rings (SSSR count). The van der Waals surface area contributed by atoms with Gasteiger partial charge in [0, 0.05) is 24.4 Å². The normalized spacial score (nSPS) is 17.3. The van der Waals surface area contributed by atoms with Gasteiger partial charge >= 0.3 is 0 Å². The molecule has 15 heteroatoms. The fraction of sp³-hybridized carbons (Fsp3) is 0.610. The molecule has 2 fully saturated rings. The van der Waals surface area contributed by atoms with Crippen LogP contribution >= 0.6 is 11.6 Å². The molecule has 1 aromatic carbocycles.